The van der Waals surface area contributed by atoms with Crippen LogP contribution in [0.1, 0.15) is 11.1 Å². The van der Waals surface area contributed by atoms with E-state index in [1.165, 1.54) is 29.3 Å². The quantitative estimate of drug-likeness (QED) is 0.856. The third kappa shape index (κ3) is 3.26. The molecule has 4 nitrogen and oxygen atoms in total. The van der Waals surface area contributed by atoms with Gasteiger partial charge in [-0.25, -0.2) is 4.39 Å². The van der Waals surface area contributed by atoms with Gasteiger partial charge in [0.15, 0.2) is 0 Å². The smallest absolute Gasteiger partial charge is 0.238 e. The van der Waals surface area contributed by atoms with Gasteiger partial charge in [0, 0.05) is 18.8 Å². The fraction of sp³-hybridized carbons (Fsp3) is 0.235. The zero-order valence-corrected chi connectivity index (χ0v) is 12.2. The fourth-order valence-electron chi connectivity index (χ4n) is 2.72. The van der Waals surface area contributed by atoms with Gasteiger partial charge in [0.2, 0.25) is 5.91 Å². The lowest BCUT2D eigenvalue weighted by atomic mass is 10.00. The summed E-state index contributed by atoms with van der Waals surface area (Å²) in [6.45, 7) is 1.80. The van der Waals surface area contributed by atoms with Crippen LogP contribution in [0.3, 0.4) is 0 Å². The summed E-state index contributed by atoms with van der Waals surface area (Å²) >= 11 is 0. The van der Waals surface area contributed by atoms with Crippen LogP contribution in [0.5, 0.6) is 0 Å². The van der Waals surface area contributed by atoms with Crippen LogP contribution < -0.4 is 11.1 Å². The van der Waals surface area contributed by atoms with Crippen molar-refractivity contribution in [1.29, 1.82) is 0 Å². The molecule has 0 unspecified atom stereocenters. The van der Waals surface area contributed by atoms with E-state index in [4.69, 9.17) is 5.73 Å². The van der Waals surface area contributed by atoms with Crippen LogP contribution in [0.4, 0.5) is 15.8 Å². The molecule has 0 fully saturated rings. The Kier molecular flexibility index (Phi) is 4.06. The lowest BCUT2D eigenvalue weighted by molar-refractivity contribution is -0.117. The molecule has 0 saturated carbocycles. The number of nitrogen functional groups attached to an aromatic ring is 1. The molecule has 5 heteroatoms. The molecular formula is C17H18FN3O. The van der Waals surface area contributed by atoms with Gasteiger partial charge in [0.1, 0.15) is 5.82 Å². The molecule has 0 saturated heterocycles. The standard InChI is InChI=1S/C17H18FN3O/c18-15-6-5-14(19)9-16(15)20-17(22)11-21-8-7-12-3-1-2-4-13(12)10-21/h1-6,9H,7-8,10-11,19H2,(H,20,22). The van der Waals surface area contributed by atoms with Gasteiger partial charge in [-0.3, -0.25) is 9.69 Å². The number of rotatable bonds is 3. The maximum absolute atomic E-state index is 13.6. The molecule has 3 N–H and O–H groups in total. The first-order valence-corrected chi connectivity index (χ1v) is 7.26. The monoisotopic (exact) mass is 299 g/mol. The number of nitrogens with zero attached hydrogens (tertiary/aromatic N) is 1. The first-order chi connectivity index (χ1) is 10.6. The number of amides is 1. The van der Waals surface area contributed by atoms with Crippen LogP contribution in [0.15, 0.2) is 42.5 Å². The van der Waals surface area contributed by atoms with Crippen LogP contribution in [0.25, 0.3) is 0 Å². The van der Waals surface area contributed by atoms with Crippen molar-refractivity contribution in [3.05, 3.63) is 59.4 Å². The highest BCUT2D eigenvalue weighted by Gasteiger charge is 2.18. The minimum absolute atomic E-state index is 0.127. The van der Waals surface area contributed by atoms with Crippen LogP contribution in [0, 0.1) is 5.82 Å². The highest BCUT2D eigenvalue weighted by atomic mass is 19.1. The van der Waals surface area contributed by atoms with Gasteiger partial charge < -0.3 is 11.1 Å². The molecule has 1 aliphatic heterocycles. The maximum Gasteiger partial charge on any atom is 0.238 e. The average molecular weight is 299 g/mol. The Bertz CT molecular complexity index is 702. The van der Waals surface area contributed by atoms with E-state index in [9.17, 15) is 9.18 Å². The number of hydrogen-bond donors (Lipinski definition) is 2. The molecule has 0 spiro atoms. The van der Waals surface area contributed by atoms with E-state index >= 15 is 0 Å². The third-order valence-electron chi connectivity index (χ3n) is 3.84. The maximum atomic E-state index is 13.6. The first-order valence-electron chi connectivity index (χ1n) is 7.26. The van der Waals surface area contributed by atoms with Crippen LogP contribution in [-0.4, -0.2) is 23.9 Å². The van der Waals surface area contributed by atoms with E-state index in [1.807, 2.05) is 12.1 Å². The summed E-state index contributed by atoms with van der Waals surface area (Å²) in [6.07, 6.45) is 0.927. The molecule has 3 rings (SSSR count). The van der Waals surface area contributed by atoms with Gasteiger partial charge in [-0.15, -0.1) is 0 Å². The van der Waals surface area contributed by atoms with Gasteiger partial charge in [0.05, 0.1) is 12.2 Å². The number of benzene rings is 2. The molecular weight excluding hydrogens is 281 g/mol. The zero-order chi connectivity index (χ0) is 15.5. The Labute approximate surface area is 128 Å². The van der Waals surface area contributed by atoms with Crippen LogP contribution >= 0.6 is 0 Å². The molecule has 2 aromatic rings. The molecule has 0 bridgehead atoms. The Morgan fingerprint density at radius 2 is 2.00 bits per heavy atom. The second kappa shape index (κ2) is 6.15. The number of halogens is 1. The van der Waals surface area contributed by atoms with Crippen molar-refractivity contribution in [3.8, 4) is 0 Å². The van der Waals surface area contributed by atoms with E-state index in [2.05, 4.69) is 22.3 Å². The summed E-state index contributed by atoms with van der Waals surface area (Å²) in [6, 6.07) is 12.4. The second-order valence-electron chi connectivity index (χ2n) is 5.52. The Morgan fingerprint density at radius 3 is 2.82 bits per heavy atom. The molecule has 2 aromatic carbocycles. The minimum atomic E-state index is -0.480. The lowest BCUT2D eigenvalue weighted by Gasteiger charge is -2.28. The van der Waals surface area contributed by atoms with E-state index < -0.39 is 5.82 Å². The minimum Gasteiger partial charge on any atom is -0.399 e. The number of nitrogens with one attached hydrogen (secondary N) is 1. The molecule has 114 valence electrons. The summed E-state index contributed by atoms with van der Waals surface area (Å²) in [4.78, 5) is 14.2. The van der Waals surface area contributed by atoms with Crippen molar-refractivity contribution in [2.75, 3.05) is 24.1 Å². The van der Waals surface area contributed by atoms with Gasteiger partial charge in [-0.05, 0) is 35.7 Å². The second-order valence-corrected chi connectivity index (χ2v) is 5.52. The van der Waals surface area contributed by atoms with E-state index in [0.29, 0.717) is 5.69 Å². The Hall–Kier alpha value is -2.40. The first kappa shape index (κ1) is 14.5. The van der Waals surface area contributed by atoms with Gasteiger partial charge in [-0.1, -0.05) is 24.3 Å². The summed E-state index contributed by atoms with van der Waals surface area (Å²) in [5, 5.41) is 2.59. The summed E-state index contributed by atoms with van der Waals surface area (Å²) < 4.78 is 13.6. The molecule has 1 aliphatic rings. The molecule has 0 radical (unpaired) electrons. The molecule has 1 amide bonds. The fourth-order valence-corrected chi connectivity index (χ4v) is 2.72. The van der Waals surface area contributed by atoms with Crippen LogP contribution in [0.2, 0.25) is 0 Å². The Balaban J connectivity index is 1.62. The lowest BCUT2D eigenvalue weighted by Crippen LogP contribution is -2.37. The van der Waals surface area contributed by atoms with Gasteiger partial charge >= 0.3 is 0 Å². The zero-order valence-electron chi connectivity index (χ0n) is 12.2. The van der Waals surface area contributed by atoms with E-state index in [1.54, 1.807) is 0 Å². The number of nitrogens with two attached hydrogens (primary N) is 1. The summed E-state index contributed by atoms with van der Waals surface area (Å²) in [5.74, 6) is -0.713. The van der Waals surface area contributed by atoms with Crippen molar-refractivity contribution >= 4 is 17.3 Å². The largest absolute Gasteiger partial charge is 0.399 e. The Morgan fingerprint density at radius 1 is 1.23 bits per heavy atom. The predicted octanol–water partition coefficient (Wildman–Crippen LogP) is 2.40. The normalized spacial score (nSPS) is 14.4. The number of carbonyl (C=O) groups is 1. The third-order valence-corrected chi connectivity index (χ3v) is 3.84. The molecule has 0 aromatic heterocycles. The summed E-state index contributed by atoms with van der Waals surface area (Å²) in [5.41, 5.74) is 8.74. The number of anilines is 2. The van der Waals surface area contributed by atoms with Crippen molar-refractivity contribution in [2.45, 2.75) is 13.0 Å². The molecule has 0 atom stereocenters. The van der Waals surface area contributed by atoms with Crippen molar-refractivity contribution in [3.63, 3.8) is 0 Å². The number of carbonyl (C=O) groups excluding carboxylic acids is 1. The highest BCUT2D eigenvalue weighted by Crippen LogP contribution is 2.19. The molecule has 1 heterocycles. The SMILES string of the molecule is Nc1ccc(F)c(NC(=O)CN2CCc3ccccc3C2)c1. The van der Waals surface area contributed by atoms with E-state index in [-0.39, 0.29) is 18.1 Å². The average Bonchev–Trinajstić information content (AvgIpc) is 2.51. The molecule has 0 aliphatic carbocycles. The predicted molar refractivity (Wildman–Crippen MR) is 84.9 cm³/mol. The van der Waals surface area contributed by atoms with Crippen molar-refractivity contribution < 1.29 is 9.18 Å². The number of fused-ring (bicyclic) bond motifs is 1. The van der Waals surface area contributed by atoms with Crippen molar-refractivity contribution in [2.24, 2.45) is 0 Å². The van der Waals surface area contributed by atoms with Gasteiger partial charge in [-0.2, -0.15) is 0 Å². The molecule has 22 heavy (non-hydrogen) atoms. The van der Waals surface area contributed by atoms with Gasteiger partial charge in [0.25, 0.3) is 0 Å². The number of hydrogen-bond acceptors (Lipinski definition) is 3. The summed E-state index contributed by atoms with van der Waals surface area (Å²) in [7, 11) is 0. The topological polar surface area (TPSA) is 58.4 Å². The van der Waals surface area contributed by atoms with Crippen LogP contribution in [-0.2, 0) is 17.8 Å². The van der Waals surface area contributed by atoms with E-state index in [0.717, 1.165) is 19.5 Å². The van der Waals surface area contributed by atoms with Crippen molar-refractivity contribution in [1.82, 2.24) is 4.90 Å². The highest BCUT2D eigenvalue weighted by molar-refractivity contribution is 5.92.